The van der Waals surface area contributed by atoms with Crippen molar-refractivity contribution in [3.05, 3.63) is 12.3 Å². The minimum atomic E-state index is -0.931. The van der Waals surface area contributed by atoms with Crippen LogP contribution in [-0.2, 0) is 19.1 Å². The number of cyclic esters (lactones) is 2. The monoisotopic (exact) mass is 256 g/mol. The number of carbonyl (C=O) groups is 1. The highest BCUT2D eigenvalue weighted by Gasteiger charge is 2.37. The number of carbonyl (C=O) groups excluding carboxylic acids is 3. The highest BCUT2D eigenvalue weighted by atomic mass is 16.8. The van der Waals surface area contributed by atoms with E-state index >= 15 is 0 Å². The molecule has 0 aromatic rings. The lowest BCUT2D eigenvalue weighted by atomic mass is 10.1. The molecular formula is C12H16O6. The van der Waals surface area contributed by atoms with Crippen LogP contribution in [0.5, 0.6) is 0 Å². The quantitative estimate of drug-likeness (QED) is 0.518. The normalized spacial score (nSPS) is 15.6. The van der Waals surface area contributed by atoms with Gasteiger partial charge >= 0.3 is 12.3 Å². The van der Waals surface area contributed by atoms with E-state index < -0.39 is 17.4 Å². The van der Waals surface area contributed by atoms with Gasteiger partial charge in [0.15, 0.2) is 5.60 Å². The van der Waals surface area contributed by atoms with Crippen LogP contribution in [0, 0.1) is 12.3 Å². The topological polar surface area (TPSA) is 89.9 Å². The van der Waals surface area contributed by atoms with Crippen LogP contribution >= 0.6 is 0 Å². The van der Waals surface area contributed by atoms with E-state index in [4.69, 9.17) is 25.9 Å². The Labute approximate surface area is 106 Å². The summed E-state index contributed by atoms with van der Waals surface area (Å²) in [7, 11) is 0. The molecule has 0 radical (unpaired) electrons. The van der Waals surface area contributed by atoms with E-state index in [1.807, 2.05) is 0 Å². The summed E-state index contributed by atoms with van der Waals surface area (Å²) in [6.07, 6.45) is 4.39. The first kappa shape index (κ1) is 18.3. The Hall–Kier alpha value is -2.09. The summed E-state index contributed by atoms with van der Waals surface area (Å²) >= 11 is 0. The lowest BCUT2D eigenvalue weighted by Crippen LogP contribution is -2.19. The fraction of sp³-hybridized carbons (Fsp3) is 0.500. The van der Waals surface area contributed by atoms with Gasteiger partial charge in [0.2, 0.25) is 0 Å². The van der Waals surface area contributed by atoms with Crippen molar-refractivity contribution in [2.24, 2.45) is 0 Å². The molecule has 0 aromatic heterocycles. The van der Waals surface area contributed by atoms with Gasteiger partial charge in [-0.05, 0) is 27.7 Å². The average Bonchev–Trinajstić information content (AvgIpc) is 2.39. The average molecular weight is 256 g/mol. The van der Waals surface area contributed by atoms with Gasteiger partial charge in [0.25, 0.3) is 0 Å². The summed E-state index contributed by atoms with van der Waals surface area (Å²) in [6, 6.07) is 0. The number of hydrogen-bond acceptors (Lipinski definition) is 6. The van der Waals surface area contributed by atoms with Gasteiger partial charge in [-0.15, -0.1) is 6.42 Å². The molecule has 18 heavy (non-hydrogen) atoms. The standard InChI is InChI=1S/C6H8O3.C5H8O.CO2/c1-4-6(2,3)9-5(7)8-4;1-4-5(2,3)6;2-1-3/h1H2,2-3H3;1,6H,2-3H3;. The predicted molar refractivity (Wildman–Crippen MR) is 60.9 cm³/mol. The second kappa shape index (κ2) is 7.28. The first-order chi connectivity index (χ1) is 8.00. The minimum absolute atomic E-state index is 0.250. The zero-order chi connectivity index (χ0) is 15.0. The van der Waals surface area contributed by atoms with Gasteiger partial charge in [0.05, 0.1) is 0 Å². The van der Waals surface area contributed by atoms with Crippen LogP contribution < -0.4 is 0 Å². The van der Waals surface area contributed by atoms with E-state index in [1.165, 1.54) is 0 Å². The van der Waals surface area contributed by atoms with Crippen molar-refractivity contribution in [1.29, 1.82) is 0 Å². The van der Waals surface area contributed by atoms with E-state index in [1.54, 1.807) is 27.7 Å². The Kier molecular flexibility index (Phi) is 7.39. The van der Waals surface area contributed by atoms with Crippen LogP contribution in [0.15, 0.2) is 12.3 Å². The Morgan fingerprint density at radius 3 is 1.78 bits per heavy atom. The zero-order valence-corrected chi connectivity index (χ0v) is 10.8. The first-order valence-electron chi connectivity index (χ1n) is 4.79. The molecule has 6 nitrogen and oxygen atoms in total. The van der Waals surface area contributed by atoms with Crippen molar-refractivity contribution in [1.82, 2.24) is 0 Å². The number of rotatable bonds is 0. The maximum atomic E-state index is 10.4. The van der Waals surface area contributed by atoms with Crippen molar-refractivity contribution in [2.45, 2.75) is 38.9 Å². The molecule has 1 N–H and O–H groups in total. The van der Waals surface area contributed by atoms with Gasteiger partial charge in [0, 0.05) is 0 Å². The molecule has 0 atom stereocenters. The number of hydrogen-bond donors (Lipinski definition) is 1. The first-order valence-corrected chi connectivity index (χ1v) is 4.79. The van der Waals surface area contributed by atoms with Crippen molar-refractivity contribution >= 4 is 12.3 Å². The maximum absolute atomic E-state index is 10.4. The van der Waals surface area contributed by atoms with Crippen LogP contribution in [0.25, 0.3) is 0 Å². The van der Waals surface area contributed by atoms with E-state index in [9.17, 15) is 4.79 Å². The van der Waals surface area contributed by atoms with Crippen molar-refractivity contribution < 1.29 is 29.0 Å². The van der Waals surface area contributed by atoms with Gasteiger partial charge in [-0.2, -0.15) is 9.59 Å². The maximum Gasteiger partial charge on any atom is 0.514 e. The molecule has 1 fully saturated rings. The van der Waals surface area contributed by atoms with Crippen molar-refractivity contribution in [2.75, 3.05) is 0 Å². The molecule has 1 heterocycles. The molecule has 0 saturated carbocycles. The highest BCUT2D eigenvalue weighted by molar-refractivity contribution is 5.65. The summed E-state index contributed by atoms with van der Waals surface area (Å²) in [5.74, 6) is 2.53. The lowest BCUT2D eigenvalue weighted by molar-refractivity contribution is -0.191. The van der Waals surface area contributed by atoms with Gasteiger partial charge < -0.3 is 14.6 Å². The van der Waals surface area contributed by atoms with E-state index in [-0.39, 0.29) is 6.15 Å². The van der Waals surface area contributed by atoms with E-state index in [2.05, 4.69) is 17.2 Å². The third-order valence-corrected chi connectivity index (χ3v) is 1.57. The fourth-order valence-corrected chi connectivity index (χ4v) is 0.510. The third kappa shape index (κ3) is 9.16. The second-order valence-corrected chi connectivity index (χ2v) is 4.17. The van der Waals surface area contributed by atoms with Crippen molar-refractivity contribution in [3.63, 3.8) is 0 Å². The molecule has 0 aromatic carbocycles. The fourth-order valence-electron chi connectivity index (χ4n) is 0.510. The van der Waals surface area contributed by atoms with Crippen molar-refractivity contribution in [3.8, 4) is 12.3 Å². The molecule has 100 valence electrons. The summed E-state index contributed by atoms with van der Waals surface area (Å²) in [5, 5.41) is 8.59. The Balaban J connectivity index is 0. The third-order valence-electron chi connectivity index (χ3n) is 1.57. The SMILES string of the molecule is C#CC(C)(C)O.C=C1OC(=O)OC1(C)C.O=C=O. The highest BCUT2D eigenvalue weighted by Crippen LogP contribution is 2.27. The molecule has 0 spiro atoms. The van der Waals surface area contributed by atoms with Gasteiger partial charge in [0.1, 0.15) is 11.4 Å². The van der Waals surface area contributed by atoms with Crippen LogP contribution in [0.4, 0.5) is 4.79 Å². The Morgan fingerprint density at radius 1 is 1.39 bits per heavy atom. The molecule has 1 aliphatic heterocycles. The van der Waals surface area contributed by atoms with Crippen LogP contribution in [0.3, 0.4) is 0 Å². The van der Waals surface area contributed by atoms with Gasteiger partial charge in [-0.25, -0.2) is 4.79 Å². The van der Waals surface area contributed by atoms with E-state index in [0.29, 0.717) is 5.76 Å². The van der Waals surface area contributed by atoms with Crippen LogP contribution in [-0.4, -0.2) is 28.6 Å². The van der Waals surface area contributed by atoms with E-state index in [0.717, 1.165) is 0 Å². The largest absolute Gasteiger partial charge is 0.514 e. The van der Waals surface area contributed by atoms with Gasteiger partial charge in [-0.3, -0.25) is 0 Å². The molecule has 0 amide bonds. The molecule has 0 aliphatic carbocycles. The molecule has 1 rings (SSSR count). The van der Waals surface area contributed by atoms with Gasteiger partial charge in [-0.1, -0.05) is 12.5 Å². The second-order valence-electron chi connectivity index (χ2n) is 4.17. The summed E-state index contributed by atoms with van der Waals surface area (Å²) in [5.41, 5.74) is -1.57. The Morgan fingerprint density at radius 2 is 1.72 bits per heavy atom. The summed E-state index contributed by atoms with van der Waals surface area (Å²) < 4.78 is 9.22. The minimum Gasteiger partial charge on any atom is -0.420 e. The molecule has 1 aliphatic rings. The lowest BCUT2D eigenvalue weighted by Gasteiger charge is -2.11. The predicted octanol–water partition coefficient (Wildman–Crippen LogP) is 1.25. The molecule has 0 unspecified atom stereocenters. The molecule has 6 heteroatoms. The number of aliphatic hydroxyl groups is 1. The smallest absolute Gasteiger partial charge is 0.420 e. The van der Waals surface area contributed by atoms with Crippen LogP contribution in [0.2, 0.25) is 0 Å². The molecule has 0 bridgehead atoms. The zero-order valence-electron chi connectivity index (χ0n) is 10.8. The molecule has 1 saturated heterocycles. The summed E-state index contributed by atoms with van der Waals surface area (Å²) in [4.78, 5) is 26.6. The van der Waals surface area contributed by atoms with Crippen LogP contribution in [0.1, 0.15) is 27.7 Å². The molecular weight excluding hydrogens is 240 g/mol. The number of terminal acetylenes is 1. The Bertz CT molecular complexity index is 374. The number of ether oxygens (including phenoxy) is 2. The summed E-state index contributed by atoms with van der Waals surface area (Å²) in [6.45, 7) is 10.1.